The van der Waals surface area contributed by atoms with Crippen LogP contribution in [0.5, 0.6) is 0 Å². The summed E-state index contributed by atoms with van der Waals surface area (Å²) in [6.45, 7) is 2.83. The van der Waals surface area contributed by atoms with Gasteiger partial charge in [-0.2, -0.15) is 0 Å². The van der Waals surface area contributed by atoms with E-state index in [-0.39, 0.29) is 13.2 Å². The van der Waals surface area contributed by atoms with Gasteiger partial charge >= 0.3 is 5.97 Å². The van der Waals surface area contributed by atoms with Crippen LogP contribution in [0.15, 0.2) is 48.1 Å². The molecule has 0 aromatic heterocycles. The molecule has 0 bridgehead atoms. The molecule has 0 radical (unpaired) electrons. The molecule has 1 aromatic carbocycles. The monoisotopic (exact) mass is 276 g/mol. The van der Waals surface area contributed by atoms with Crippen LogP contribution < -0.4 is 0 Å². The van der Waals surface area contributed by atoms with E-state index in [1.54, 1.807) is 12.2 Å². The average molecular weight is 276 g/mol. The summed E-state index contributed by atoms with van der Waals surface area (Å²) in [5, 5.41) is 8.95. The van der Waals surface area contributed by atoms with Crippen LogP contribution >= 0.6 is 0 Å². The van der Waals surface area contributed by atoms with Gasteiger partial charge < -0.3 is 14.6 Å². The van der Waals surface area contributed by atoms with Crippen LogP contribution in [0, 0.1) is 0 Å². The zero-order chi connectivity index (χ0) is 14.6. The van der Waals surface area contributed by atoms with Crippen molar-refractivity contribution in [2.24, 2.45) is 0 Å². The molecule has 0 aliphatic carbocycles. The summed E-state index contributed by atoms with van der Waals surface area (Å²) in [4.78, 5) is 11.8. The maximum atomic E-state index is 11.8. The number of carbonyl (C=O) groups excluding carboxylic acids is 1. The van der Waals surface area contributed by atoms with Gasteiger partial charge in [0.05, 0.1) is 18.8 Å². The summed E-state index contributed by atoms with van der Waals surface area (Å²) < 4.78 is 10.1. The van der Waals surface area contributed by atoms with Gasteiger partial charge in [-0.25, -0.2) is 4.79 Å². The molecule has 0 amide bonds. The van der Waals surface area contributed by atoms with E-state index in [2.05, 4.69) is 0 Å². The molecule has 20 heavy (non-hydrogen) atoms. The molecule has 1 rings (SSSR count). The first kappa shape index (κ1) is 16.1. The quantitative estimate of drug-likeness (QED) is 0.342. The topological polar surface area (TPSA) is 55.8 Å². The highest BCUT2D eigenvalue weighted by Crippen LogP contribution is 2.07. The smallest absolute Gasteiger partial charge is 0.337 e. The molecule has 4 nitrogen and oxygen atoms in total. The number of hydrogen-bond acceptors (Lipinski definition) is 4. The lowest BCUT2D eigenvalue weighted by Crippen LogP contribution is -2.12. The molecule has 0 fully saturated rings. The number of esters is 1. The van der Waals surface area contributed by atoms with E-state index in [1.807, 2.05) is 37.3 Å². The van der Waals surface area contributed by atoms with E-state index in [9.17, 15) is 4.79 Å². The van der Waals surface area contributed by atoms with Crippen LogP contribution in [0.2, 0.25) is 0 Å². The number of hydrogen-bond donors (Lipinski definition) is 1. The fourth-order valence-corrected chi connectivity index (χ4v) is 1.49. The molecule has 0 aliphatic heterocycles. The average Bonchev–Trinajstić information content (AvgIpc) is 2.49. The second kappa shape index (κ2) is 9.95. The molecule has 0 heterocycles. The van der Waals surface area contributed by atoms with E-state index in [4.69, 9.17) is 14.6 Å². The van der Waals surface area contributed by atoms with Crippen molar-refractivity contribution in [3.8, 4) is 0 Å². The highest BCUT2D eigenvalue weighted by Gasteiger charge is 2.07. The lowest BCUT2D eigenvalue weighted by atomic mass is 10.1. The molecule has 0 unspecified atom stereocenters. The highest BCUT2D eigenvalue weighted by atomic mass is 16.6. The second-order valence-electron chi connectivity index (χ2n) is 3.92. The van der Waals surface area contributed by atoms with Gasteiger partial charge in [-0.1, -0.05) is 36.4 Å². The van der Waals surface area contributed by atoms with Crippen LogP contribution in [-0.2, 0) is 14.3 Å². The standard InChI is InChI=1S/C16H20O4/c1-2-19-12-13-20-16(18)15(10-11-17)9-8-14-6-4-3-5-7-14/h3-10,17H,2,11-13H2,1H3/b9-8+,15-10+. The van der Waals surface area contributed by atoms with Gasteiger partial charge in [0.15, 0.2) is 0 Å². The van der Waals surface area contributed by atoms with Gasteiger partial charge in [-0.15, -0.1) is 0 Å². The Morgan fingerprint density at radius 1 is 1.25 bits per heavy atom. The summed E-state index contributed by atoms with van der Waals surface area (Å²) in [6, 6.07) is 9.59. The minimum atomic E-state index is -0.467. The van der Waals surface area contributed by atoms with Gasteiger partial charge in [0.25, 0.3) is 0 Å². The number of aliphatic hydroxyl groups is 1. The molecule has 1 aromatic rings. The van der Waals surface area contributed by atoms with Crippen molar-refractivity contribution in [1.29, 1.82) is 0 Å². The Morgan fingerprint density at radius 3 is 2.65 bits per heavy atom. The van der Waals surface area contributed by atoms with Crippen molar-refractivity contribution in [1.82, 2.24) is 0 Å². The fraction of sp³-hybridized carbons (Fsp3) is 0.312. The zero-order valence-corrected chi connectivity index (χ0v) is 11.6. The van der Waals surface area contributed by atoms with Crippen molar-refractivity contribution in [3.63, 3.8) is 0 Å². The predicted molar refractivity (Wildman–Crippen MR) is 78.1 cm³/mol. The molecule has 108 valence electrons. The third-order valence-corrected chi connectivity index (χ3v) is 2.47. The normalized spacial score (nSPS) is 11.8. The van der Waals surface area contributed by atoms with Crippen LogP contribution in [0.1, 0.15) is 12.5 Å². The summed E-state index contributed by atoms with van der Waals surface area (Å²) >= 11 is 0. The van der Waals surface area contributed by atoms with Crippen molar-refractivity contribution in [2.45, 2.75) is 6.92 Å². The van der Waals surface area contributed by atoms with E-state index in [0.29, 0.717) is 18.8 Å². The number of benzene rings is 1. The van der Waals surface area contributed by atoms with Crippen LogP contribution in [0.4, 0.5) is 0 Å². The molecule has 4 heteroatoms. The largest absolute Gasteiger partial charge is 0.460 e. The molecular weight excluding hydrogens is 256 g/mol. The summed E-state index contributed by atoms with van der Waals surface area (Å²) in [5.74, 6) is -0.467. The highest BCUT2D eigenvalue weighted by molar-refractivity contribution is 5.92. The van der Waals surface area contributed by atoms with Gasteiger partial charge in [-0.3, -0.25) is 0 Å². The molecule has 0 aliphatic rings. The Bertz CT molecular complexity index is 449. The summed E-state index contributed by atoms with van der Waals surface area (Å²) in [7, 11) is 0. The molecule has 0 saturated carbocycles. The van der Waals surface area contributed by atoms with Crippen LogP contribution in [0.25, 0.3) is 6.08 Å². The molecule has 0 saturated heterocycles. The lowest BCUT2D eigenvalue weighted by molar-refractivity contribution is -0.140. The maximum Gasteiger partial charge on any atom is 0.337 e. The fourth-order valence-electron chi connectivity index (χ4n) is 1.49. The molecular formula is C16H20O4. The lowest BCUT2D eigenvalue weighted by Gasteiger charge is -2.05. The summed E-state index contributed by atoms with van der Waals surface area (Å²) in [6.07, 6.45) is 4.85. The van der Waals surface area contributed by atoms with Gasteiger partial charge in [0.1, 0.15) is 6.61 Å². The van der Waals surface area contributed by atoms with E-state index < -0.39 is 5.97 Å². The Kier molecular flexibility index (Phi) is 8.03. The maximum absolute atomic E-state index is 11.8. The van der Waals surface area contributed by atoms with Gasteiger partial charge in [0.2, 0.25) is 0 Å². The first-order valence-corrected chi connectivity index (χ1v) is 6.57. The Labute approximate surface area is 119 Å². The minimum Gasteiger partial charge on any atom is -0.460 e. The number of aliphatic hydroxyl groups excluding tert-OH is 1. The molecule has 1 N–H and O–H groups in total. The van der Waals surface area contributed by atoms with Gasteiger partial charge in [0, 0.05) is 6.61 Å². The van der Waals surface area contributed by atoms with Crippen molar-refractivity contribution in [3.05, 3.63) is 53.6 Å². The second-order valence-corrected chi connectivity index (χ2v) is 3.92. The van der Waals surface area contributed by atoms with Crippen molar-refractivity contribution >= 4 is 12.0 Å². The number of rotatable bonds is 8. The Balaban J connectivity index is 2.58. The summed E-state index contributed by atoms with van der Waals surface area (Å²) in [5.41, 5.74) is 1.30. The first-order chi connectivity index (χ1) is 9.77. The van der Waals surface area contributed by atoms with Crippen LogP contribution in [-0.4, -0.2) is 37.5 Å². The Morgan fingerprint density at radius 2 is 2.00 bits per heavy atom. The SMILES string of the molecule is CCOCCOC(=O)C(/C=C/c1ccccc1)=C/CO. The number of carbonyl (C=O) groups is 1. The zero-order valence-electron chi connectivity index (χ0n) is 11.6. The predicted octanol–water partition coefficient (Wildman–Crippen LogP) is 2.20. The van der Waals surface area contributed by atoms with Crippen LogP contribution in [0.3, 0.4) is 0 Å². The van der Waals surface area contributed by atoms with Crippen molar-refractivity contribution < 1.29 is 19.4 Å². The van der Waals surface area contributed by atoms with Crippen molar-refractivity contribution in [2.75, 3.05) is 26.4 Å². The number of ether oxygens (including phenoxy) is 2. The Hall–Kier alpha value is -1.91. The van der Waals surface area contributed by atoms with E-state index >= 15 is 0 Å². The molecule has 0 atom stereocenters. The third-order valence-electron chi connectivity index (χ3n) is 2.47. The minimum absolute atomic E-state index is 0.203. The van der Waals surface area contributed by atoms with E-state index in [1.165, 1.54) is 6.08 Å². The molecule has 0 spiro atoms. The van der Waals surface area contributed by atoms with E-state index in [0.717, 1.165) is 5.56 Å². The first-order valence-electron chi connectivity index (χ1n) is 6.57. The van der Waals surface area contributed by atoms with Gasteiger partial charge in [-0.05, 0) is 24.6 Å². The third kappa shape index (κ3) is 6.31.